The van der Waals surface area contributed by atoms with Gasteiger partial charge in [-0.05, 0) is 30.3 Å². The average Bonchev–Trinajstić information content (AvgIpc) is 2.90. The van der Waals surface area contributed by atoms with Crippen molar-refractivity contribution in [1.29, 1.82) is 0 Å². The fourth-order valence-electron chi connectivity index (χ4n) is 2.10. The molecule has 3 nitrogen and oxygen atoms in total. The predicted molar refractivity (Wildman–Crippen MR) is 96.1 cm³/mol. The van der Waals surface area contributed by atoms with Crippen LogP contribution in [0, 0.1) is 0 Å². The van der Waals surface area contributed by atoms with Crippen molar-refractivity contribution in [3.05, 3.63) is 63.5 Å². The van der Waals surface area contributed by atoms with Gasteiger partial charge >= 0.3 is 0 Å². The lowest BCUT2D eigenvalue weighted by atomic mass is 10.2. The molecule has 118 valence electrons. The van der Waals surface area contributed by atoms with E-state index < -0.39 is 0 Å². The van der Waals surface area contributed by atoms with Gasteiger partial charge in [0.15, 0.2) is 0 Å². The molecule has 6 heteroatoms. The van der Waals surface area contributed by atoms with Crippen LogP contribution in [0.5, 0.6) is 5.75 Å². The lowest BCUT2D eigenvalue weighted by Crippen LogP contribution is -2.27. The highest BCUT2D eigenvalue weighted by Crippen LogP contribution is 2.34. The highest BCUT2D eigenvalue weighted by molar-refractivity contribution is 7.21. The quantitative estimate of drug-likeness (QED) is 0.644. The third-order valence-electron chi connectivity index (χ3n) is 3.21. The first-order valence-electron chi connectivity index (χ1n) is 6.99. The summed E-state index contributed by atoms with van der Waals surface area (Å²) in [6.07, 6.45) is 0. The zero-order chi connectivity index (χ0) is 16.2. The van der Waals surface area contributed by atoms with Crippen LogP contribution in [0.15, 0.2) is 48.5 Å². The number of hydrogen-bond donors (Lipinski definition) is 1. The van der Waals surface area contributed by atoms with Gasteiger partial charge in [0.1, 0.15) is 17.2 Å². The van der Waals surface area contributed by atoms with Crippen molar-refractivity contribution < 1.29 is 9.53 Å². The number of carbonyl (C=O) groups excluding carboxylic acids is 1. The third-order valence-corrected chi connectivity index (χ3v) is 5.14. The summed E-state index contributed by atoms with van der Waals surface area (Å²) < 4.78 is 6.53. The molecule has 3 aromatic rings. The fraction of sp³-hybridized carbons (Fsp3) is 0.118. The number of carbonyl (C=O) groups is 1. The van der Waals surface area contributed by atoms with Gasteiger partial charge in [-0.2, -0.15) is 0 Å². The van der Waals surface area contributed by atoms with Crippen LogP contribution >= 0.6 is 34.5 Å². The molecular weight excluding hydrogens is 353 g/mol. The molecule has 0 aliphatic heterocycles. The first-order valence-corrected chi connectivity index (χ1v) is 8.56. The first kappa shape index (κ1) is 16.1. The molecule has 0 aliphatic rings. The highest BCUT2D eigenvalue weighted by atomic mass is 35.5. The summed E-state index contributed by atoms with van der Waals surface area (Å²) in [6.45, 7) is 0.766. The topological polar surface area (TPSA) is 38.3 Å². The lowest BCUT2D eigenvalue weighted by molar-refractivity contribution is 0.0951. The molecule has 0 atom stereocenters. The van der Waals surface area contributed by atoms with Crippen molar-refractivity contribution in [2.75, 3.05) is 13.2 Å². The second-order valence-corrected chi connectivity index (χ2v) is 6.67. The Bertz CT molecular complexity index is 830. The van der Waals surface area contributed by atoms with Crippen LogP contribution in [-0.2, 0) is 0 Å². The van der Waals surface area contributed by atoms with E-state index in [0.29, 0.717) is 33.8 Å². The molecule has 1 heterocycles. The van der Waals surface area contributed by atoms with Crippen molar-refractivity contribution in [2.45, 2.75) is 0 Å². The second-order valence-electron chi connectivity index (χ2n) is 4.80. The minimum Gasteiger partial charge on any atom is -0.492 e. The molecule has 0 fully saturated rings. The molecule has 2 aromatic carbocycles. The van der Waals surface area contributed by atoms with Gasteiger partial charge < -0.3 is 10.1 Å². The summed E-state index contributed by atoms with van der Waals surface area (Å²) in [4.78, 5) is 12.8. The van der Waals surface area contributed by atoms with Crippen molar-refractivity contribution in [1.82, 2.24) is 5.32 Å². The number of ether oxygens (including phenoxy) is 1. The highest BCUT2D eigenvalue weighted by Gasteiger charge is 2.16. The maximum Gasteiger partial charge on any atom is 0.263 e. The number of hydrogen-bond acceptors (Lipinski definition) is 3. The van der Waals surface area contributed by atoms with Crippen molar-refractivity contribution in [3.8, 4) is 5.75 Å². The number of amides is 1. The van der Waals surface area contributed by atoms with Crippen molar-refractivity contribution >= 4 is 50.5 Å². The van der Waals surface area contributed by atoms with E-state index in [1.165, 1.54) is 11.3 Å². The largest absolute Gasteiger partial charge is 0.492 e. The zero-order valence-corrected chi connectivity index (χ0v) is 14.3. The summed E-state index contributed by atoms with van der Waals surface area (Å²) in [7, 11) is 0. The summed E-state index contributed by atoms with van der Waals surface area (Å²) in [5, 5.41) is 4.88. The molecule has 0 saturated heterocycles. The molecule has 0 bridgehead atoms. The van der Waals surface area contributed by atoms with Crippen LogP contribution in [0.4, 0.5) is 0 Å². The Morgan fingerprint density at radius 3 is 2.57 bits per heavy atom. The Morgan fingerprint density at radius 1 is 1.09 bits per heavy atom. The van der Waals surface area contributed by atoms with Crippen LogP contribution in [0.1, 0.15) is 9.67 Å². The number of halogens is 2. The Morgan fingerprint density at radius 2 is 1.83 bits per heavy atom. The monoisotopic (exact) mass is 365 g/mol. The fourth-order valence-corrected chi connectivity index (χ4v) is 3.66. The number of nitrogens with one attached hydrogen (secondary N) is 1. The van der Waals surface area contributed by atoms with Crippen LogP contribution in [-0.4, -0.2) is 19.1 Å². The van der Waals surface area contributed by atoms with Crippen LogP contribution < -0.4 is 10.1 Å². The molecule has 0 aliphatic carbocycles. The Kier molecular flexibility index (Phi) is 5.06. The molecular formula is C17H13Cl2NO2S. The molecule has 0 saturated carbocycles. The molecule has 3 rings (SSSR count). The number of rotatable bonds is 5. The molecule has 0 unspecified atom stereocenters. The second kappa shape index (κ2) is 7.21. The predicted octanol–water partition coefficient (Wildman–Crippen LogP) is 5.02. The summed E-state index contributed by atoms with van der Waals surface area (Å²) >= 11 is 13.5. The van der Waals surface area contributed by atoms with Gasteiger partial charge in [0, 0.05) is 15.1 Å². The number of benzene rings is 2. The van der Waals surface area contributed by atoms with Crippen molar-refractivity contribution in [3.63, 3.8) is 0 Å². The van der Waals surface area contributed by atoms with E-state index in [2.05, 4.69) is 5.32 Å². The van der Waals surface area contributed by atoms with E-state index in [1.807, 2.05) is 24.3 Å². The zero-order valence-electron chi connectivity index (χ0n) is 12.0. The molecule has 1 aromatic heterocycles. The SMILES string of the molecule is O=C(NCCOc1ccc(Cl)cc1)c1sc2ccccc2c1Cl. The first-order chi connectivity index (χ1) is 11.1. The van der Waals surface area contributed by atoms with Crippen molar-refractivity contribution in [2.24, 2.45) is 0 Å². The summed E-state index contributed by atoms with van der Waals surface area (Å²) in [5.74, 6) is 0.527. The molecule has 1 N–H and O–H groups in total. The maximum absolute atomic E-state index is 12.2. The third kappa shape index (κ3) is 3.78. The van der Waals surface area contributed by atoms with E-state index in [4.69, 9.17) is 27.9 Å². The van der Waals surface area contributed by atoms with Gasteiger partial charge in [0.25, 0.3) is 5.91 Å². The lowest BCUT2D eigenvalue weighted by Gasteiger charge is -2.07. The minimum atomic E-state index is -0.184. The average molecular weight is 366 g/mol. The molecule has 0 radical (unpaired) electrons. The molecule has 1 amide bonds. The van der Waals surface area contributed by atoms with E-state index in [0.717, 1.165) is 10.1 Å². The summed E-state index contributed by atoms with van der Waals surface area (Å²) in [6, 6.07) is 14.8. The Balaban J connectivity index is 1.56. The van der Waals surface area contributed by atoms with E-state index >= 15 is 0 Å². The standard InChI is InChI=1S/C17H13Cl2NO2S/c18-11-5-7-12(8-6-11)22-10-9-20-17(21)16-15(19)13-3-1-2-4-14(13)23-16/h1-8H,9-10H2,(H,20,21). The van der Waals surface area contributed by atoms with Crippen LogP contribution in [0.2, 0.25) is 10.0 Å². The molecule has 23 heavy (non-hydrogen) atoms. The maximum atomic E-state index is 12.2. The normalized spacial score (nSPS) is 10.7. The van der Waals surface area contributed by atoms with Gasteiger partial charge in [-0.25, -0.2) is 0 Å². The van der Waals surface area contributed by atoms with Gasteiger partial charge in [-0.3, -0.25) is 4.79 Å². The van der Waals surface area contributed by atoms with Gasteiger partial charge in [-0.1, -0.05) is 41.4 Å². The number of fused-ring (bicyclic) bond motifs is 1. The molecule has 0 spiro atoms. The van der Waals surface area contributed by atoms with Gasteiger partial charge in [0.05, 0.1) is 11.6 Å². The van der Waals surface area contributed by atoms with Crippen LogP contribution in [0.25, 0.3) is 10.1 Å². The minimum absolute atomic E-state index is 0.184. The Labute approximate surface area is 147 Å². The van der Waals surface area contributed by atoms with Gasteiger partial charge in [-0.15, -0.1) is 11.3 Å². The summed E-state index contributed by atoms with van der Waals surface area (Å²) in [5.41, 5.74) is 0. The smallest absolute Gasteiger partial charge is 0.263 e. The van der Waals surface area contributed by atoms with E-state index in [1.54, 1.807) is 24.3 Å². The van der Waals surface area contributed by atoms with Crippen LogP contribution in [0.3, 0.4) is 0 Å². The Hall–Kier alpha value is -1.75. The van der Waals surface area contributed by atoms with E-state index in [-0.39, 0.29) is 5.91 Å². The van der Waals surface area contributed by atoms with E-state index in [9.17, 15) is 4.79 Å². The number of thiophene rings is 1. The van der Waals surface area contributed by atoms with Gasteiger partial charge in [0.2, 0.25) is 0 Å².